The number of nitrogens with zero attached hydrogens (tertiary/aromatic N) is 1. The normalized spacial score (nSPS) is 10.4. The molecule has 0 saturated carbocycles. The Labute approximate surface area is 126 Å². The first-order chi connectivity index (χ1) is 9.66. The summed E-state index contributed by atoms with van der Waals surface area (Å²) in [4.78, 5) is 10.2. The van der Waals surface area contributed by atoms with E-state index < -0.39 is 0 Å². The van der Waals surface area contributed by atoms with Gasteiger partial charge < -0.3 is 5.32 Å². The molecule has 0 heterocycles. The summed E-state index contributed by atoms with van der Waals surface area (Å²) in [6.07, 6.45) is 0.850. The molecule has 0 unspecified atom stereocenters. The summed E-state index contributed by atoms with van der Waals surface area (Å²) in [5.41, 5.74) is 2.45. The molecule has 104 valence electrons. The second-order valence-corrected chi connectivity index (χ2v) is 5.30. The third kappa shape index (κ3) is 4.15. The number of rotatable bonds is 6. The van der Waals surface area contributed by atoms with Gasteiger partial charge in [0.15, 0.2) is 0 Å². The molecule has 0 bridgehead atoms. The van der Waals surface area contributed by atoms with Crippen molar-refractivity contribution in [3.63, 3.8) is 0 Å². The topological polar surface area (TPSA) is 55.2 Å². The van der Waals surface area contributed by atoms with Crippen molar-refractivity contribution in [2.45, 2.75) is 13.0 Å². The average molecular weight is 335 g/mol. The van der Waals surface area contributed by atoms with E-state index in [0.29, 0.717) is 0 Å². The molecule has 0 aliphatic carbocycles. The Balaban J connectivity index is 1.79. The summed E-state index contributed by atoms with van der Waals surface area (Å²) in [6, 6.07) is 14.8. The van der Waals surface area contributed by atoms with Crippen molar-refractivity contribution >= 4 is 21.6 Å². The highest BCUT2D eigenvalue weighted by Gasteiger charge is 2.03. The number of benzene rings is 2. The zero-order valence-electron chi connectivity index (χ0n) is 10.9. The molecule has 0 saturated heterocycles. The maximum absolute atomic E-state index is 10.6. The summed E-state index contributed by atoms with van der Waals surface area (Å²) in [5, 5.41) is 13.9. The Bertz CT molecular complexity index is 585. The summed E-state index contributed by atoms with van der Waals surface area (Å²) in [6.45, 7) is 1.63. The van der Waals surface area contributed by atoms with Gasteiger partial charge in [-0.3, -0.25) is 10.1 Å². The van der Waals surface area contributed by atoms with Crippen LogP contribution in [0.3, 0.4) is 0 Å². The number of nitro groups is 1. The van der Waals surface area contributed by atoms with Gasteiger partial charge in [0, 0.05) is 23.2 Å². The molecule has 4 nitrogen and oxygen atoms in total. The van der Waals surface area contributed by atoms with Crippen LogP contribution in [-0.4, -0.2) is 11.5 Å². The van der Waals surface area contributed by atoms with Crippen molar-refractivity contribution in [2.24, 2.45) is 0 Å². The lowest BCUT2D eigenvalue weighted by Gasteiger charge is -2.06. The Hall–Kier alpha value is -1.72. The molecule has 0 amide bonds. The molecule has 0 fully saturated rings. The van der Waals surface area contributed by atoms with Crippen LogP contribution in [0.4, 0.5) is 5.69 Å². The fourth-order valence-corrected chi connectivity index (χ4v) is 2.31. The molecule has 1 N–H and O–H groups in total. The number of nitrogens with one attached hydrogen (secondary N) is 1. The Kier molecular flexibility index (Phi) is 5.26. The summed E-state index contributed by atoms with van der Waals surface area (Å²) in [7, 11) is 0. The molecule has 20 heavy (non-hydrogen) atoms. The molecule has 2 aromatic carbocycles. The van der Waals surface area contributed by atoms with Crippen LogP contribution in [0.5, 0.6) is 0 Å². The Morgan fingerprint density at radius 2 is 1.80 bits per heavy atom. The SMILES string of the molecule is O=[N+]([O-])c1ccc(CCNCc2ccccc2Br)cc1. The minimum Gasteiger partial charge on any atom is -0.312 e. The van der Waals surface area contributed by atoms with E-state index in [4.69, 9.17) is 0 Å². The molecule has 0 atom stereocenters. The van der Waals surface area contributed by atoms with Gasteiger partial charge in [-0.1, -0.05) is 46.3 Å². The molecular weight excluding hydrogens is 320 g/mol. The predicted molar refractivity (Wildman–Crippen MR) is 82.6 cm³/mol. The minimum atomic E-state index is -0.380. The first-order valence-electron chi connectivity index (χ1n) is 6.34. The molecule has 0 radical (unpaired) electrons. The van der Waals surface area contributed by atoms with Crippen molar-refractivity contribution in [3.05, 3.63) is 74.2 Å². The number of hydrogen-bond acceptors (Lipinski definition) is 3. The minimum absolute atomic E-state index is 0.134. The van der Waals surface area contributed by atoms with Gasteiger partial charge in [0.05, 0.1) is 4.92 Å². The van der Waals surface area contributed by atoms with Crippen LogP contribution in [0.15, 0.2) is 53.0 Å². The maximum atomic E-state index is 10.6. The lowest BCUT2D eigenvalue weighted by molar-refractivity contribution is -0.384. The van der Waals surface area contributed by atoms with Gasteiger partial charge >= 0.3 is 0 Å². The van der Waals surface area contributed by atoms with E-state index in [1.807, 2.05) is 18.2 Å². The van der Waals surface area contributed by atoms with Gasteiger partial charge in [-0.25, -0.2) is 0 Å². The molecule has 5 heteroatoms. The average Bonchev–Trinajstić information content (AvgIpc) is 2.46. The standard InChI is InChI=1S/C15H15BrN2O2/c16-15-4-2-1-3-13(15)11-17-10-9-12-5-7-14(8-6-12)18(19)20/h1-8,17H,9-11H2. The summed E-state index contributed by atoms with van der Waals surface area (Å²) < 4.78 is 1.10. The van der Waals surface area contributed by atoms with Gasteiger partial charge in [0.25, 0.3) is 5.69 Å². The van der Waals surface area contributed by atoms with E-state index in [0.717, 1.165) is 29.5 Å². The maximum Gasteiger partial charge on any atom is 0.269 e. The van der Waals surface area contributed by atoms with Gasteiger partial charge in [0.2, 0.25) is 0 Å². The number of non-ortho nitro benzene ring substituents is 1. The van der Waals surface area contributed by atoms with Gasteiger partial charge in [-0.05, 0) is 30.2 Å². The third-order valence-electron chi connectivity index (χ3n) is 3.01. The lowest BCUT2D eigenvalue weighted by Crippen LogP contribution is -2.16. The molecule has 0 aromatic heterocycles. The van der Waals surface area contributed by atoms with Crippen LogP contribution >= 0.6 is 15.9 Å². The van der Waals surface area contributed by atoms with Gasteiger partial charge in [-0.15, -0.1) is 0 Å². The second kappa shape index (κ2) is 7.17. The van der Waals surface area contributed by atoms with Crippen LogP contribution < -0.4 is 5.32 Å². The molecule has 2 aromatic rings. The van der Waals surface area contributed by atoms with Crippen LogP contribution in [0.1, 0.15) is 11.1 Å². The predicted octanol–water partition coefficient (Wildman–Crippen LogP) is 3.69. The molecule has 0 spiro atoms. The second-order valence-electron chi connectivity index (χ2n) is 4.44. The van der Waals surface area contributed by atoms with Crippen LogP contribution in [0.2, 0.25) is 0 Å². The fraction of sp³-hybridized carbons (Fsp3) is 0.200. The van der Waals surface area contributed by atoms with Gasteiger partial charge in [-0.2, -0.15) is 0 Å². The van der Waals surface area contributed by atoms with E-state index in [2.05, 4.69) is 27.3 Å². The number of halogens is 1. The van der Waals surface area contributed by atoms with Crippen molar-refractivity contribution in [1.29, 1.82) is 0 Å². The first kappa shape index (κ1) is 14.7. The lowest BCUT2D eigenvalue weighted by atomic mass is 10.1. The van der Waals surface area contributed by atoms with E-state index >= 15 is 0 Å². The number of hydrogen-bond donors (Lipinski definition) is 1. The fourth-order valence-electron chi connectivity index (χ4n) is 1.88. The Morgan fingerprint density at radius 3 is 2.45 bits per heavy atom. The molecule has 0 aliphatic rings. The summed E-state index contributed by atoms with van der Waals surface area (Å²) >= 11 is 3.51. The molecule has 0 aliphatic heterocycles. The van der Waals surface area contributed by atoms with Crippen molar-refractivity contribution in [3.8, 4) is 0 Å². The largest absolute Gasteiger partial charge is 0.312 e. The van der Waals surface area contributed by atoms with Crippen molar-refractivity contribution in [2.75, 3.05) is 6.54 Å². The smallest absolute Gasteiger partial charge is 0.269 e. The highest BCUT2D eigenvalue weighted by atomic mass is 79.9. The molecule has 2 rings (SSSR count). The Morgan fingerprint density at radius 1 is 1.10 bits per heavy atom. The zero-order valence-corrected chi connectivity index (χ0v) is 12.5. The number of nitro benzene ring substituents is 1. The van der Waals surface area contributed by atoms with Crippen LogP contribution in [0, 0.1) is 10.1 Å². The van der Waals surface area contributed by atoms with Crippen LogP contribution in [-0.2, 0) is 13.0 Å². The van der Waals surface area contributed by atoms with Crippen LogP contribution in [0.25, 0.3) is 0 Å². The quantitative estimate of drug-likeness (QED) is 0.498. The molecular formula is C15H15BrN2O2. The highest BCUT2D eigenvalue weighted by Crippen LogP contribution is 2.15. The monoisotopic (exact) mass is 334 g/mol. The first-order valence-corrected chi connectivity index (χ1v) is 7.13. The van der Waals surface area contributed by atoms with E-state index in [1.165, 1.54) is 5.56 Å². The van der Waals surface area contributed by atoms with E-state index in [-0.39, 0.29) is 10.6 Å². The van der Waals surface area contributed by atoms with Gasteiger partial charge in [0.1, 0.15) is 0 Å². The van der Waals surface area contributed by atoms with Crippen molar-refractivity contribution < 1.29 is 4.92 Å². The van der Waals surface area contributed by atoms with E-state index in [1.54, 1.807) is 24.3 Å². The third-order valence-corrected chi connectivity index (χ3v) is 3.78. The van der Waals surface area contributed by atoms with Crippen molar-refractivity contribution in [1.82, 2.24) is 5.32 Å². The highest BCUT2D eigenvalue weighted by molar-refractivity contribution is 9.10. The van der Waals surface area contributed by atoms with E-state index in [9.17, 15) is 10.1 Å². The zero-order chi connectivity index (χ0) is 14.4. The summed E-state index contributed by atoms with van der Waals surface area (Å²) in [5.74, 6) is 0.